The Morgan fingerprint density at radius 1 is 1.00 bits per heavy atom. The lowest BCUT2D eigenvalue weighted by atomic mass is 10.0. The monoisotopic (exact) mass is 594 g/mol. The fourth-order valence-electron chi connectivity index (χ4n) is 4.56. The standard InChI is InChI=1S/C27H34N10O2S2/c1-4-9-37(27-31-21(17-40-27)26-32-23(28)15-24(29)33-26)22-14-19(6-5-18(22)2)20-7-8-25(30-16-20)34-41(38,39)36-12-10-35(3)11-13-36/h5-8,14-17H,4,9-13H2,1-3H3,(H,30,34)(H4,28,29,32,33). The van der Waals surface area contributed by atoms with E-state index in [-0.39, 0.29) is 5.82 Å². The number of pyridine rings is 1. The van der Waals surface area contributed by atoms with Crippen LogP contribution in [0.1, 0.15) is 18.9 Å². The minimum atomic E-state index is -3.66. The summed E-state index contributed by atoms with van der Waals surface area (Å²) < 4.78 is 29.7. The van der Waals surface area contributed by atoms with E-state index in [4.69, 9.17) is 16.5 Å². The van der Waals surface area contributed by atoms with Gasteiger partial charge in [0, 0.05) is 61.6 Å². The maximum absolute atomic E-state index is 12.8. The third-order valence-corrected chi connectivity index (χ3v) is 9.17. The molecule has 1 aliphatic heterocycles. The molecule has 12 nitrogen and oxygen atoms in total. The Morgan fingerprint density at radius 3 is 2.37 bits per heavy atom. The van der Waals surface area contributed by atoms with E-state index in [0.717, 1.165) is 40.5 Å². The summed E-state index contributed by atoms with van der Waals surface area (Å²) >= 11 is 1.50. The van der Waals surface area contributed by atoms with Gasteiger partial charge in [-0.1, -0.05) is 19.1 Å². The highest BCUT2D eigenvalue weighted by atomic mass is 32.2. The summed E-state index contributed by atoms with van der Waals surface area (Å²) in [4.78, 5) is 22.1. The van der Waals surface area contributed by atoms with E-state index in [1.54, 1.807) is 12.3 Å². The van der Waals surface area contributed by atoms with Gasteiger partial charge in [-0.05, 0) is 49.7 Å². The highest BCUT2D eigenvalue weighted by Gasteiger charge is 2.26. The van der Waals surface area contributed by atoms with Crippen LogP contribution in [-0.4, -0.2) is 77.3 Å². The molecule has 4 aromatic rings. The summed E-state index contributed by atoms with van der Waals surface area (Å²) in [6, 6.07) is 11.3. The van der Waals surface area contributed by atoms with Gasteiger partial charge in [0.05, 0.1) is 0 Å². The van der Waals surface area contributed by atoms with Crippen molar-refractivity contribution in [2.75, 3.05) is 60.9 Å². The molecule has 0 amide bonds. The maximum Gasteiger partial charge on any atom is 0.302 e. The van der Waals surface area contributed by atoms with Crippen LogP contribution in [0.5, 0.6) is 0 Å². The van der Waals surface area contributed by atoms with Crippen molar-refractivity contribution in [2.45, 2.75) is 20.3 Å². The molecule has 3 aromatic heterocycles. The number of likely N-dealkylation sites (N-methyl/N-ethyl adjacent to an activating group) is 1. The highest BCUT2D eigenvalue weighted by molar-refractivity contribution is 7.90. The quantitative estimate of drug-likeness (QED) is 0.261. The van der Waals surface area contributed by atoms with Crippen molar-refractivity contribution in [3.05, 3.63) is 53.5 Å². The molecule has 4 heterocycles. The molecule has 41 heavy (non-hydrogen) atoms. The van der Waals surface area contributed by atoms with Crippen molar-refractivity contribution in [3.8, 4) is 22.6 Å². The van der Waals surface area contributed by atoms with Crippen molar-refractivity contribution in [3.63, 3.8) is 0 Å². The molecule has 1 fully saturated rings. The van der Waals surface area contributed by atoms with E-state index >= 15 is 0 Å². The number of hydrogen-bond acceptors (Lipinski definition) is 11. The van der Waals surface area contributed by atoms with E-state index in [0.29, 0.717) is 49.3 Å². The van der Waals surface area contributed by atoms with Gasteiger partial charge in [-0.3, -0.25) is 4.72 Å². The molecule has 14 heteroatoms. The third-order valence-electron chi connectivity index (χ3n) is 6.80. The van der Waals surface area contributed by atoms with Gasteiger partial charge in [0.15, 0.2) is 11.0 Å². The number of anilines is 5. The van der Waals surface area contributed by atoms with Crippen LogP contribution in [0, 0.1) is 6.92 Å². The van der Waals surface area contributed by atoms with Crippen molar-refractivity contribution in [1.82, 2.24) is 29.1 Å². The number of nitrogen functional groups attached to an aromatic ring is 2. The van der Waals surface area contributed by atoms with Crippen LogP contribution in [0.15, 0.2) is 48.0 Å². The molecule has 5 rings (SSSR count). The van der Waals surface area contributed by atoms with Crippen LogP contribution < -0.4 is 21.1 Å². The fraction of sp³-hybridized carbons (Fsp3) is 0.333. The number of nitrogens with zero attached hydrogens (tertiary/aromatic N) is 7. The molecule has 0 spiro atoms. The first kappa shape index (κ1) is 28.7. The molecule has 0 radical (unpaired) electrons. The predicted molar refractivity (Wildman–Crippen MR) is 165 cm³/mol. The first-order chi connectivity index (χ1) is 19.6. The third kappa shape index (κ3) is 6.56. The lowest BCUT2D eigenvalue weighted by Crippen LogP contribution is -2.48. The van der Waals surface area contributed by atoms with E-state index in [1.165, 1.54) is 21.7 Å². The lowest BCUT2D eigenvalue weighted by molar-refractivity contribution is 0.223. The average molecular weight is 595 g/mol. The van der Waals surface area contributed by atoms with Crippen LogP contribution in [0.3, 0.4) is 0 Å². The molecule has 1 aromatic carbocycles. The van der Waals surface area contributed by atoms with Gasteiger partial charge in [0.1, 0.15) is 23.1 Å². The summed E-state index contributed by atoms with van der Waals surface area (Å²) in [5.41, 5.74) is 16.3. The average Bonchev–Trinajstić information content (AvgIpc) is 3.42. The Bertz CT molecular complexity index is 1600. The van der Waals surface area contributed by atoms with Crippen LogP contribution in [0.2, 0.25) is 0 Å². The van der Waals surface area contributed by atoms with Crippen LogP contribution in [0.25, 0.3) is 22.6 Å². The number of aromatic nitrogens is 4. The van der Waals surface area contributed by atoms with Gasteiger partial charge >= 0.3 is 10.2 Å². The number of nitrogens with two attached hydrogens (primary N) is 2. The molecule has 0 saturated carbocycles. The number of rotatable bonds is 9. The second-order valence-electron chi connectivity index (χ2n) is 9.95. The van der Waals surface area contributed by atoms with Gasteiger partial charge in [0.25, 0.3) is 0 Å². The Kier molecular flexibility index (Phi) is 8.35. The molecule has 1 saturated heterocycles. The summed E-state index contributed by atoms with van der Waals surface area (Å²) in [5, 5.41) is 2.70. The molecule has 0 atom stereocenters. The van der Waals surface area contributed by atoms with Crippen LogP contribution in [-0.2, 0) is 10.2 Å². The SMILES string of the molecule is CCCN(c1nc(-c2nc(N)cc(N)n2)cs1)c1cc(-c2ccc(NS(=O)(=O)N3CCN(C)CC3)nc2)ccc1C. The molecule has 0 unspecified atom stereocenters. The van der Waals surface area contributed by atoms with E-state index in [2.05, 4.69) is 55.5 Å². The minimum Gasteiger partial charge on any atom is -0.384 e. The number of nitrogens with one attached hydrogen (secondary N) is 1. The van der Waals surface area contributed by atoms with Gasteiger partial charge < -0.3 is 21.3 Å². The highest BCUT2D eigenvalue weighted by Crippen LogP contribution is 2.36. The minimum absolute atomic E-state index is 0.285. The maximum atomic E-state index is 12.8. The fourth-order valence-corrected chi connectivity index (χ4v) is 6.57. The number of hydrogen-bond donors (Lipinski definition) is 3. The topological polar surface area (TPSA) is 159 Å². The Hall–Kier alpha value is -3.85. The van der Waals surface area contributed by atoms with Gasteiger partial charge in [-0.2, -0.15) is 12.7 Å². The molecule has 216 valence electrons. The number of aryl methyl sites for hydroxylation is 1. The van der Waals surface area contributed by atoms with Gasteiger partial charge in [-0.25, -0.2) is 19.9 Å². The second kappa shape index (κ2) is 11.9. The predicted octanol–water partition coefficient (Wildman–Crippen LogP) is 3.59. The Balaban J connectivity index is 1.38. The molecule has 5 N–H and O–H groups in total. The van der Waals surface area contributed by atoms with Gasteiger partial charge in [0.2, 0.25) is 0 Å². The van der Waals surface area contributed by atoms with Crippen LogP contribution >= 0.6 is 11.3 Å². The van der Waals surface area contributed by atoms with Crippen molar-refractivity contribution in [2.24, 2.45) is 0 Å². The molecular weight excluding hydrogens is 560 g/mol. The number of benzene rings is 1. The Labute approximate surface area is 244 Å². The van der Waals surface area contributed by atoms with Crippen molar-refractivity contribution >= 4 is 49.8 Å². The largest absolute Gasteiger partial charge is 0.384 e. The normalized spacial score (nSPS) is 14.7. The second-order valence-corrected chi connectivity index (χ2v) is 12.5. The molecule has 0 aliphatic carbocycles. The van der Waals surface area contributed by atoms with E-state index in [9.17, 15) is 8.42 Å². The number of piperazine rings is 1. The Morgan fingerprint density at radius 2 is 1.71 bits per heavy atom. The number of thiazole rings is 1. The smallest absolute Gasteiger partial charge is 0.302 e. The first-order valence-electron chi connectivity index (χ1n) is 13.3. The van der Waals surface area contributed by atoms with Crippen LogP contribution in [0.4, 0.5) is 28.3 Å². The summed E-state index contributed by atoms with van der Waals surface area (Å²) in [7, 11) is -1.68. The van der Waals surface area contributed by atoms with E-state index < -0.39 is 10.2 Å². The molecule has 1 aliphatic rings. The zero-order valence-corrected chi connectivity index (χ0v) is 24.9. The molecule has 0 bridgehead atoms. The molecular formula is C27H34N10O2S2. The van der Waals surface area contributed by atoms with Crippen molar-refractivity contribution < 1.29 is 8.42 Å². The van der Waals surface area contributed by atoms with Crippen molar-refractivity contribution in [1.29, 1.82) is 0 Å². The zero-order chi connectivity index (χ0) is 29.1. The zero-order valence-electron chi connectivity index (χ0n) is 23.3. The first-order valence-corrected chi connectivity index (χ1v) is 15.6. The summed E-state index contributed by atoms with van der Waals surface area (Å²) in [5.74, 6) is 1.26. The summed E-state index contributed by atoms with van der Waals surface area (Å²) in [6.45, 7) is 7.23. The van der Waals surface area contributed by atoms with E-state index in [1.807, 2.05) is 24.6 Å². The lowest BCUT2D eigenvalue weighted by Gasteiger charge is -2.31. The van der Waals surface area contributed by atoms with Gasteiger partial charge in [-0.15, -0.1) is 11.3 Å². The summed E-state index contributed by atoms with van der Waals surface area (Å²) in [6.07, 6.45) is 2.59.